The van der Waals surface area contributed by atoms with Crippen LogP contribution in [-0.2, 0) is 14.3 Å². The molecule has 0 fully saturated rings. The molecule has 0 spiro atoms. The fourth-order valence-electron chi connectivity index (χ4n) is 0.313. The number of alkyl halides is 4. The first-order chi connectivity index (χ1) is 5.67. The van der Waals surface area contributed by atoms with Gasteiger partial charge in [-0.05, 0) is 0 Å². The Hall–Kier alpha value is -0.850. The summed E-state index contributed by atoms with van der Waals surface area (Å²) < 4.78 is 55.7. The van der Waals surface area contributed by atoms with Gasteiger partial charge in [-0.3, -0.25) is 9.53 Å². The van der Waals surface area contributed by atoms with Gasteiger partial charge in [0.2, 0.25) is 0 Å². The van der Waals surface area contributed by atoms with Gasteiger partial charge in [-0.2, -0.15) is 17.6 Å². The van der Waals surface area contributed by atoms with Crippen LogP contribution in [-0.4, -0.2) is 24.8 Å². The number of rotatable bonds is 4. The van der Waals surface area contributed by atoms with Crippen LogP contribution in [0.1, 0.15) is 13.8 Å². The van der Waals surface area contributed by atoms with Crippen molar-refractivity contribution in [1.29, 1.82) is 0 Å². The van der Waals surface area contributed by atoms with Crippen LogP contribution in [0.2, 0.25) is 0 Å². The lowest BCUT2D eigenvalue weighted by atomic mass is 10.4. The Morgan fingerprint density at radius 1 is 1.31 bits per heavy atom. The third-order valence-electron chi connectivity index (χ3n) is 1.01. The molecule has 0 unspecified atom stereocenters. The Morgan fingerprint density at radius 2 is 1.77 bits per heavy atom. The molecule has 0 aromatic rings. The number of hydrogen-bond donors (Lipinski definition) is 0. The minimum atomic E-state index is -4.64. The zero-order chi connectivity index (χ0) is 10.7. The maximum absolute atomic E-state index is 12.2. The first kappa shape index (κ1) is 12.2. The normalized spacial score (nSPS) is 12.8. The van der Waals surface area contributed by atoms with Crippen molar-refractivity contribution in [1.82, 2.24) is 0 Å². The Labute approximate surface area is 71.6 Å². The lowest BCUT2D eigenvalue weighted by molar-refractivity contribution is -0.357. The molecular weight excluding hydrogens is 196 g/mol. The van der Waals surface area contributed by atoms with E-state index in [-0.39, 0.29) is 6.92 Å². The highest BCUT2D eigenvalue weighted by Gasteiger charge is 2.54. The van der Waals surface area contributed by atoms with Crippen LogP contribution in [0.5, 0.6) is 0 Å². The average Bonchev–Trinajstić information content (AvgIpc) is 1.82. The zero-order valence-corrected chi connectivity index (χ0v) is 6.94. The lowest BCUT2D eigenvalue weighted by Crippen LogP contribution is -2.40. The number of carbonyl (C=O) groups excluding carboxylic acids is 1. The Morgan fingerprint density at radius 3 is 2.08 bits per heavy atom. The molecule has 0 amide bonds. The summed E-state index contributed by atoms with van der Waals surface area (Å²) in [5, 5.41) is 0. The summed E-state index contributed by atoms with van der Waals surface area (Å²) in [7, 11) is 0. The summed E-state index contributed by atoms with van der Waals surface area (Å²) in [6.45, 7) is -0.266. The van der Waals surface area contributed by atoms with Gasteiger partial charge < -0.3 is 4.74 Å². The number of halogens is 4. The molecule has 0 saturated carbocycles. The standard InChI is InChI=1S/C6H8F4O3/c1-4(11)12-3-13-6(9,10)5(2,7)8/h3H2,1-2H3. The smallest absolute Gasteiger partial charge is 0.421 e. The van der Waals surface area contributed by atoms with E-state index in [2.05, 4.69) is 9.47 Å². The molecule has 0 atom stereocenters. The first-order valence-electron chi connectivity index (χ1n) is 3.20. The molecule has 0 aromatic heterocycles. The van der Waals surface area contributed by atoms with Gasteiger partial charge in [-0.1, -0.05) is 0 Å². The van der Waals surface area contributed by atoms with E-state index in [9.17, 15) is 22.4 Å². The number of esters is 1. The van der Waals surface area contributed by atoms with Crippen LogP contribution in [0.4, 0.5) is 17.6 Å². The summed E-state index contributed by atoms with van der Waals surface area (Å²) in [4.78, 5) is 10.0. The summed E-state index contributed by atoms with van der Waals surface area (Å²) in [5.74, 6) is -5.21. The van der Waals surface area contributed by atoms with Gasteiger partial charge in [0, 0.05) is 13.8 Å². The monoisotopic (exact) mass is 204 g/mol. The second-order valence-corrected chi connectivity index (χ2v) is 2.30. The highest BCUT2D eigenvalue weighted by Crippen LogP contribution is 2.34. The van der Waals surface area contributed by atoms with Crippen molar-refractivity contribution in [2.75, 3.05) is 6.79 Å². The molecule has 0 aliphatic rings. The van der Waals surface area contributed by atoms with Gasteiger partial charge in [0.1, 0.15) is 0 Å². The van der Waals surface area contributed by atoms with E-state index in [1.54, 1.807) is 0 Å². The SMILES string of the molecule is CC(=O)OCOC(F)(F)C(C)(F)F. The van der Waals surface area contributed by atoms with Crippen LogP contribution < -0.4 is 0 Å². The van der Waals surface area contributed by atoms with E-state index in [1.165, 1.54) is 0 Å². The van der Waals surface area contributed by atoms with Crippen LogP contribution in [0.3, 0.4) is 0 Å². The van der Waals surface area contributed by atoms with E-state index in [0.29, 0.717) is 0 Å². The molecule has 0 bridgehead atoms. The molecule has 3 nitrogen and oxygen atoms in total. The van der Waals surface area contributed by atoms with Crippen molar-refractivity contribution >= 4 is 5.97 Å². The van der Waals surface area contributed by atoms with Crippen molar-refractivity contribution < 1.29 is 31.8 Å². The number of hydrogen-bond acceptors (Lipinski definition) is 3. The van der Waals surface area contributed by atoms with Crippen LogP contribution in [0.15, 0.2) is 0 Å². The average molecular weight is 204 g/mol. The molecule has 0 N–H and O–H groups in total. The van der Waals surface area contributed by atoms with Gasteiger partial charge in [-0.25, -0.2) is 0 Å². The van der Waals surface area contributed by atoms with E-state index < -0.39 is 24.8 Å². The Bertz CT molecular complexity index is 187. The molecule has 0 radical (unpaired) electrons. The molecule has 0 aromatic carbocycles. The second kappa shape index (κ2) is 3.91. The van der Waals surface area contributed by atoms with Crippen molar-refractivity contribution in [3.05, 3.63) is 0 Å². The minimum absolute atomic E-state index is 0.000761. The zero-order valence-electron chi connectivity index (χ0n) is 6.94. The molecule has 0 heterocycles. The van der Waals surface area contributed by atoms with Crippen molar-refractivity contribution in [3.63, 3.8) is 0 Å². The molecule has 13 heavy (non-hydrogen) atoms. The minimum Gasteiger partial charge on any atom is -0.438 e. The predicted molar refractivity (Wildman–Crippen MR) is 33.3 cm³/mol. The summed E-state index contributed by atoms with van der Waals surface area (Å²) >= 11 is 0. The van der Waals surface area contributed by atoms with Crippen molar-refractivity contribution in [3.8, 4) is 0 Å². The lowest BCUT2D eigenvalue weighted by Gasteiger charge is -2.22. The van der Waals surface area contributed by atoms with Gasteiger partial charge in [0.05, 0.1) is 0 Å². The molecule has 0 aliphatic carbocycles. The van der Waals surface area contributed by atoms with Gasteiger partial charge in [0.25, 0.3) is 0 Å². The highest BCUT2D eigenvalue weighted by atomic mass is 19.3. The summed E-state index contributed by atoms with van der Waals surface area (Å²) in [6, 6.07) is 0. The molecule has 0 aliphatic heterocycles. The summed E-state index contributed by atoms with van der Waals surface area (Å²) in [5.41, 5.74) is 0. The van der Waals surface area contributed by atoms with Gasteiger partial charge in [-0.15, -0.1) is 0 Å². The van der Waals surface area contributed by atoms with E-state index in [4.69, 9.17) is 0 Å². The van der Waals surface area contributed by atoms with E-state index in [0.717, 1.165) is 6.92 Å². The van der Waals surface area contributed by atoms with Gasteiger partial charge in [0.15, 0.2) is 6.79 Å². The van der Waals surface area contributed by atoms with E-state index >= 15 is 0 Å². The number of ether oxygens (including phenoxy) is 2. The highest BCUT2D eigenvalue weighted by molar-refractivity contribution is 5.65. The van der Waals surface area contributed by atoms with Crippen LogP contribution in [0.25, 0.3) is 0 Å². The van der Waals surface area contributed by atoms with Crippen molar-refractivity contribution in [2.45, 2.75) is 25.9 Å². The fourth-order valence-corrected chi connectivity index (χ4v) is 0.313. The Balaban J connectivity index is 3.97. The third-order valence-corrected chi connectivity index (χ3v) is 1.01. The van der Waals surface area contributed by atoms with Crippen LogP contribution in [0, 0.1) is 0 Å². The predicted octanol–water partition coefficient (Wildman–Crippen LogP) is 1.77. The fraction of sp³-hybridized carbons (Fsp3) is 0.833. The second-order valence-electron chi connectivity index (χ2n) is 2.30. The number of carbonyl (C=O) groups is 1. The van der Waals surface area contributed by atoms with Crippen LogP contribution >= 0.6 is 0 Å². The molecular formula is C6H8F4O3. The van der Waals surface area contributed by atoms with Crippen molar-refractivity contribution in [2.24, 2.45) is 0 Å². The quantitative estimate of drug-likeness (QED) is 0.397. The summed E-state index contributed by atoms with van der Waals surface area (Å²) in [6.07, 6.45) is -4.64. The molecule has 7 heteroatoms. The largest absolute Gasteiger partial charge is 0.438 e. The first-order valence-corrected chi connectivity index (χ1v) is 3.20. The van der Waals surface area contributed by atoms with Gasteiger partial charge >= 0.3 is 18.0 Å². The molecule has 0 saturated heterocycles. The maximum atomic E-state index is 12.2. The Kier molecular flexibility index (Phi) is 3.65. The molecule has 78 valence electrons. The molecule has 0 rings (SSSR count). The third kappa shape index (κ3) is 4.07. The maximum Gasteiger partial charge on any atom is 0.421 e. The van der Waals surface area contributed by atoms with E-state index in [1.807, 2.05) is 0 Å². The topological polar surface area (TPSA) is 35.5 Å².